The number of benzene rings is 2. The van der Waals surface area contributed by atoms with Crippen LogP contribution in [0.25, 0.3) is 0 Å². The molecule has 1 fully saturated rings. The first-order valence-corrected chi connectivity index (χ1v) is 8.75. The number of amides is 2. The van der Waals surface area contributed by atoms with Crippen LogP contribution in [0.2, 0.25) is 0 Å². The van der Waals surface area contributed by atoms with Crippen molar-refractivity contribution in [3.63, 3.8) is 0 Å². The second-order valence-electron chi connectivity index (χ2n) is 7.43. The largest absolute Gasteiger partial charge is 0.278 e. The number of hydrogen-bond donors (Lipinski definition) is 0. The van der Waals surface area contributed by atoms with Crippen LogP contribution < -0.4 is 0 Å². The Hall–Kier alpha value is -2.68. The predicted molar refractivity (Wildman–Crippen MR) is 95.1 cm³/mol. The number of carbonyl (C=O) groups is 2. The van der Waals surface area contributed by atoms with Gasteiger partial charge in [-0.3, -0.25) is 14.5 Å². The highest BCUT2D eigenvalue weighted by Crippen LogP contribution is 2.63. The molecule has 3 aliphatic carbocycles. The quantitative estimate of drug-likeness (QED) is 0.626. The third kappa shape index (κ3) is 1.52. The van der Waals surface area contributed by atoms with E-state index in [1.165, 1.54) is 27.2 Å². The van der Waals surface area contributed by atoms with Crippen LogP contribution in [-0.2, 0) is 15.0 Å². The minimum Gasteiger partial charge on any atom is -0.278 e. The molecule has 0 N–H and O–H groups in total. The molecule has 2 bridgehead atoms. The number of likely N-dealkylation sites (tertiary alicyclic amines) is 1. The van der Waals surface area contributed by atoms with Crippen molar-refractivity contribution in [3.8, 4) is 0 Å². The summed E-state index contributed by atoms with van der Waals surface area (Å²) in [7, 11) is 0. The molecular formula is C22H19NO2. The van der Waals surface area contributed by atoms with Crippen LogP contribution in [0.1, 0.15) is 35.1 Å². The zero-order valence-corrected chi connectivity index (χ0v) is 14.1. The fourth-order valence-electron chi connectivity index (χ4n) is 5.52. The highest BCUT2D eigenvalue weighted by atomic mass is 16.2. The summed E-state index contributed by atoms with van der Waals surface area (Å²) >= 11 is 0. The van der Waals surface area contributed by atoms with Gasteiger partial charge in [-0.1, -0.05) is 61.5 Å². The van der Waals surface area contributed by atoms with Gasteiger partial charge < -0.3 is 0 Å². The molecule has 0 unspecified atom stereocenters. The first-order valence-electron chi connectivity index (χ1n) is 8.75. The van der Waals surface area contributed by atoms with Crippen molar-refractivity contribution in [2.45, 2.75) is 18.3 Å². The minimum absolute atomic E-state index is 0.0366. The molecule has 2 aromatic rings. The van der Waals surface area contributed by atoms with Gasteiger partial charge in [-0.25, -0.2) is 0 Å². The molecule has 0 radical (unpaired) electrons. The Morgan fingerprint density at radius 1 is 1.00 bits per heavy atom. The summed E-state index contributed by atoms with van der Waals surface area (Å²) in [5, 5.41) is 0. The van der Waals surface area contributed by atoms with Crippen LogP contribution in [0, 0.1) is 11.8 Å². The second kappa shape index (κ2) is 4.69. The molecule has 2 amide bonds. The molecule has 3 nitrogen and oxygen atoms in total. The molecular weight excluding hydrogens is 310 g/mol. The van der Waals surface area contributed by atoms with Crippen molar-refractivity contribution in [1.82, 2.24) is 4.90 Å². The van der Waals surface area contributed by atoms with Crippen molar-refractivity contribution in [2.75, 3.05) is 6.54 Å². The fourth-order valence-corrected chi connectivity index (χ4v) is 5.52. The molecule has 2 aromatic carbocycles. The van der Waals surface area contributed by atoms with Gasteiger partial charge in [0.1, 0.15) is 0 Å². The van der Waals surface area contributed by atoms with Crippen LogP contribution in [0.5, 0.6) is 0 Å². The highest BCUT2D eigenvalue weighted by molar-refractivity contribution is 6.08. The van der Waals surface area contributed by atoms with E-state index in [0.717, 1.165) is 0 Å². The average molecular weight is 329 g/mol. The lowest BCUT2D eigenvalue weighted by molar-refractivity contribution is -0.139. The molecule has 124 valence electrons. The summed E-state index contributed by atoms with van der Waals surface area (Å²) in [6.07, 6.45) is 1.64. The van der Waals surface area contributed by atoms with E-state index in [2.05, 4.69) is 37.8 Å². The Labute approximate surface area is 147 Å². The van der Waals surface area contributed by atoms with Gasteiger partial charge >= 0.3 is 0 Å². The van der Waals surface area contributed by atoms with Crippen LogP contribution in [0.3, 0.4) is 0 Å². The molecule has 3 heteroatoms. The van der Waals surface area contributed by atoms with Crippen molar-refractivity contribution in [3.05, 3.63) is 83.4 Å². The third-order valence-corrected chi connectivity index (χ3v) is 6.45. The number of carbonyl (C=O) groups excluding carboxylic acids is 2. The SMILES string of the molecule is C=CCN1C(=O)[C@@H]2[C@@H](C1=O)C1c3ccccc3C2(C)c2ccccc21. The molecule has 0 saturated carbocycles. The van der Waals surface area contributed by atoms with Crippen LogP contribution in [0.15, 0.2) is 61.2 Å². The molecule has 1 aliphatic heterocycles. The van der Waals surface area contributed by atoms with Crippen molar-refractivity contribution >= 4 is 11.8 Å². The molecule has 0 spiro atoms. The monoisotopic (exact) mass is 329 g/mol. The van der Waals surface area contributed by atoms with Crippen molar-refractivity contribution in [1.29, 1.82) is 0 Å². The van der Waals surface area contributed by atoms with Crippen molar-refractivity contribution in [2.24, 2.45) is 11.8 Å². The van der Waals surface area contributed by atoms with E-state index in [1.54, 1.807) is 6.08 Å². The van der Waals surface area contributed by atoms with E-state index in [1.807, 2.05) is 24.3 Å². The van der Waals surface area contributed by atoms with Gasteiger partial charge in [-0.15, -0.1) is 6.58 Å². The molecule has 1 saturated heterocycles. The fraction of sp³-hybridized carbons (Fsp3) is 0.273. The van der Waals surface area contributed by atoms with Gasteiger partial charge in [-0.2, -0.15) is 0 Å². The lowest BCUT2D eigenvalue weighted by Crippen LogP contribution is -2.51. The lowest BCUT2D eigenvalue weighted by atomic mass is 9.48. The molecule has 1 heterocycles. The summed E-state index contributed by atoms with van der Waals surface area (Å²) < 4.78 is 0. The first-order chi connectivity index (χ1) is 12.1. The van der Waals surface area contributed by atoms with E-state index in [0.29, 0.717) is 6.54 Å². The third-order valence-electron chi connectivity index (χ3n) is 6.45. The first kappa shape index (κ1) is 14.6. The van der Waals surface area contributed by atoms with Gasteiger partial charge in [0.05, 0.1) is 11.8 Å². The summed E-state index contributed by atoms with van der Waals surface area (Å²) in [4.78, 5) is 27.8. The Balaban J connectivity index is 1.84. The van der Waals surface area contributed by atoms with Crippen LogP contribution in [-0.4, -0.2) is 23.3 Å². The molecule has 4 aliphatic rings. The zero-order chi connectivity index (χ0) is 17.3. The summed E-state index contributed by atoms with van der Waals surface area (Å²) in [6, 6.07) is 16.6. The van der Waals surface area contributed by atoms with Gasteiger partial charge in [0.2, 0.25) is 11.8 Å². The maximum absolute atomic E-state index is 13.2. The summed E-state index contributed by atoms with van der Waals surface area (Å²) in [5.41, 5.74) is 4.33. The van der Waals surface area contributed by atoms with E-state index >= 15 is 0 Å². The van der Waals surface area contributed by atoms with Gasteiger partial charge in [0.15, 0.2) is 0 Å². The summed E-state index contributed by atoms with van der Waals surface area (Å²) in [5.74, 6) is -0.760. The van der Waals surface area contributed by atoms with E-state index in [9.17, 15) is 9.59 Å². The zero-order valence-electron chi connectivity index (χ0n) is 14.1. The normalized spacial score (nSPS) is 31.6. The van der Waals surface area contributed by atoms with E-state index < -0.39 is 5.41 Å². The van der Waals surface area contributed by atoms with Crippen LogP contribution in [0.4, 0.5) is 0 Å². The average Bonchev–Trinajstić information content (AvgIpc) is 2.89. The van der Waals surface area contributed by atoms with E-state index in [4.69, 9.17) is 0 Å². The molecule has 2 atom stereocenters. The maximum atomic E-state index is 13.2. The van der Waals surface area contributed by atoms with Gasteiger partial charge in [0.25, 0.3) is 0 Å². The minimum atomic E-state index is -0.463. The molecule has 6 rings (SSSR count). The number of hydrogen-bond acceptors (Lipinski definition) is 2. The van der Waals surface area contributed by atoms with E-state index in [-0.39, 0.29) is 29.6 Å². The van der Waals surface area contributed by atoms with Gasteiger partial charge in [0, 0.05) is 17.9 Å². The number of rotatable bonds is 2. The van der Waals surface area contributed by atoms with Crippen LogP contribution >= 0.6 is 0 Å². The number of nitrogens with zero attached hydrogens (tertiary/aromatic N) is 1. The maximum Gasteiger partial charge on any atom is 0.234 e. The Morgan fingerprint density at radius 2 is 1.56 bits per heavy atom. The predicted octanol–water partition coefficient (Wildman–Crippen LogP) is 3.24. The topological polar surface area (TPSA) is 37.4 Å². The Kier molecular flexibility index (Phi) is 2.75. The lowest BCUT2D eigenvalue weighted by Gasteiger charge is -2.52. The Bertz CT molecular complexity index is 897. The Morgan fingerprint density at radius 3 is 2.12 bits per heavy atom. The summed E-state index contributed by atoms with van der Waals surface area (Å²) in [6.45, 7) is 6.15. The molecule has 25 heavy (non-hydrogen) atoms. The number of imide groups is 1. The van der Waals surface area contributed by atoms with Gasteiger partial charge in [-0.05, 0) is 22.3 Å². The standard InChI is InChI=1S/C22H19NO2/c1-3-12-23-20(24)18-17-13-8-4-6-10-15(13)22(2,19(18)21(23)25)16-11-7-5-9-14(16)17/h3-11,17-19H,1,12H2,2H3/t17?,18-,19-,22?/m0/s1. The second-order valence-corrected chi connectivity index (χ2v) is 7.43. The molecule has 0 aromatic heterocycles. The highest BCUT2D eigenvalue weighted by Gasteiger charge is 2.66. The van der Waals surface area contributed by atoms with Crippen molar-refractivity contribution < 1.29 is 9.59 Å². The smallest absolute Gasteiger partial charge is 0.234 e.